The summed E-state index contributed by atoms with van der Waals surface area (Å²) in [4.78, 5) is 26.5. The first-order valence-electron chi connectivity index (χ1n) is 10.9. The summed E-state index contributed by atoms with van der Waals surface area (Å²) in [6.07, 6.45) is 2.13. The number of carbonyl (C=O) groups excluding carboxylic acids is 1. The van der Waals surface area contributed by atoms with Crippen molar-refractivity contribution in [2.45, 2.75) is 25.0 Å². The molecule has 4 aromatic rings. The fraction of sp³-hybridized carbons (Fsp3) is 0.154. The lowest BCUT2D eigenvalue weighted by Crippen LogP contribution is -2.16. The van der Waals surface area contributed by atoms with Crippen LogP contribution >= 0.6 is 23.4 Å². The maximum atomic E-state index is 12.7. The molecule has 2 aromatic carbocycles. The molecule has 176 valence electrons. The van der Waals surface area contributed by atoms with Crippen molar-refractivity contribution in [1.29, 1.82) is 0 Å². The number of halogens is 1. The first-order chi connectivity index (χ1) is 17.0. The van der Waals surface area contributed by atoms with Gasteiger partial charge in [-0.15, -0.1) is 0 Å². The molecule has 0 saturated carbocycles. The predicted octanol–water partition coefficient (Wildman–Crippen LogP) is 5.42. The Balaban J connectivity index is 1.47. The predicted molar refractivity (Wildman–Crippen MR) is 136 cm³/mol. The van der Waals surface area contributed by atoms with Gasteiger partial charge in [0.1, 0.15) is 5.03 Å². The second-order valence-corrected chi connectivity index (χ2v) is 9.36. The standard InChI is InChI=1S/C26H21ClN4O3S/c1-15-23-20(17(13-32)12-28-15)11-21-25(34-23)30-24(16-5-3-2-4-6-16)31-26(21)35-14-22(33)29-19-9-7-18(27)8-10-19/h2-10,12,32H,11,13-14H2,1H3,(H,29,33). The fourth-order valence-corrected chi connectivity index (χ4v) is 4.74. The van der Waals surface area contributed by atoms with Crippen molar-refractivity contribution in [3.05, 3.63) is 88.2 Å². The molecule has 0 atom stereocenters. The number of thioether (sulfide) groups is 1. The summed E-state index contributed by atoms with van der Waals surface area (Å²) in [6.45, 7) is 1.71. The summed E-state index contributed by atoms with van der Waals surface area (Å²) in [6, 6.07) is 16.6. The van der Waals surface area contributed by atoms with E-state index in [4.69, 9.17) is 26.3 Å². The van der Waals surface area contributed by atoms with Gasteiger partial charge in [0.2, 0.25) is 11.8 Å². The second kappa shape index (κ2) is 10.0. The second-order valence-electron chi connectivity index (χ2n) is 7.96. The van der Waals surface area contributed by atoms with E-state index in [2.05, 4.69) is 10.3 Å². The van der Waals surface area contributed by atoms with Crippen molar-refractivity contribution in [2.24, 2.45) is 0 Å². The number of pyridine rings is 1. The van der Waals surface area contributed by atoms with Crippen LogP contribution in [0.4, 0.5) is 5.69 Å². The highest BCUT2D eigenvalue weighted by Crippen LogP contribution is 2.42. The van der Waals surface area contributed by atoms with Gasteiger partial charge in [0.05, 0.1) is 23.6 Å². The largest absolute Gasteiger partial charge is 0.436 e. The van der Waals surface area contributed by atoms with E-state index < -0.39 is 0 Å². The molecule has 1 aliphatic heterocycles. The summed E-state index contributed by atoms with van der Waals surface area (Å²) in [5.74, 6) is 1.54. The molecular weight excluding hydrogens is 484 g/mol. The Bertz CT molecular complexity index is 1400. The van der Waals surface area contributed by atoms with E-state index in [1.54, 1.807) is 30.5 Å². The van der Waals surface area contributed by atoms with E-state index in [1.807, 2.05) is 37.3 Å². The van der Waals surface area contributed by atoms with E-state index >= 15 is 0 Å². The van der Waals surface area contributed by atoms with Crippen molar-refractivity contribution < 1.29 is 14.6 Å². The van der Waals surface area contributed by atoms with Gasteiger partial charge in [-0.2, -0.15) is 4.98 Å². The Morgan fingerprint density at radius 3 is 2.63 bits per heavy atom. The topological polar surface area (TPSA) is 97.2 Å². The molecule has 0 aliphatic carbocycles. The summed E-state index contributed by atoms with van der Waals surface area (Å²) in [7, 11) is 0. The number of aliphatic hydroxyl groups is 1. The fourth-order valence-electron chi connectivity index (χ4n) is 3.79. The zero-order valence-corrected chi connectivity index (χ0v) is 20.4. The number of ether oxygens (including phenoxy) is 1. The molecule has 2 N–H and O–H groups in total. The zero-order valence-electron chi connectivity index (χ0n) is 18.8. The van der Waals surface area contributed by atoms with Crippen molar-refractivity contribution in [3.8, 4) is 23.0 Å². The van der Waals surface area contributed by atoms with E-state index in [0.29, 0.717) is 45.2 Å². The Morgan fingerprint density at radius 1 is 1.11 bits per heavy atom. The Hall–Kier alpha value is -3.46. The lowest BCUT2D eigenvalue weighted by molar-refractivity contribution is -0.113. The summed E-state index contributed by atoms with van der Waals surface area (Å²) >= 11 is 7.25. The zero-order chi connectivity index (χ0) is 24.4. The molecular formula is C26H21ClN4O3S. The average molecular weight is 505 g/mol. The van der Waals surface area contributed by atoms with Crippen LogP contribution < -0.4 is 10.1 Å². The van der Waals surface area contributed by atoms with Gasteiger partial charge in [-0.05, 0) is 31.2 Å². The number of hydrogen-bond donors (Lipinski definition) is 2. The Morgan fingerprint density at radius 2 is 1.89 bits per heavy atom. The number of fused-ring (bicyclic) bond motifs is 2. The number of carbonyl (C=O) groups is 1. The molecule has 0 bridgehead atoms. The van der Waals surface area contributed by atoms with Gasteiger partial charge in [-0.1, -0.05) is 53.7 Å². The first-order valence-corrected chi connectivity index (χ1v) is 12.3. The van der Waals surface area contributed by atoms with Crippen molar-refractivity contribution in [1.82, 2.24) is 15.0 Å². The van der Waals surface area contributed by atoms with Crippen molar-refractivity contribution in [2.75, 3.05) is 11.1 Å². The number of amides is 1. The molecule has 5 rings (SSSR count). The number of nitrogens with zero attached hydrogens (tertiary/aromatic N) is 3. The highest BCUT2D eigenvalue weighted by molar-refractivity contribution is 8.00. The monoisotopic (exact) mass is 504 g/mol. The lowest BCUT2D eigenvalue weighted by Gasteiger charge is -2.24. The summed E-state index contributed by atoms with van der Waals surface area (Å²) < 4.78 is 6.22. The highest BCUT2D eigenvalue weighted by atomic mass is 35.5. The van der Waals surface area contributed by atoms with Gasteiger partial charge >= 0.3 is 0 Å². The Kier molecular flexibility index (Phi) is 6.68. The van der Waals surface area contributed by atoms with Crippen LogP contribution in [0.3, 0.4) is 0 Å². The molecule has 0 unspecified atom stereocenters. The van der Waals surface area contributed by atoms with E-state index in [-0.39, 0.29) is 18.3 Å². The Labute approximate surface area is 211 Å². The third-order valence-electron chi connectivity index (χ3n) is 5.56. The van der Waals surface area contributed by atoms with E-state index in [9.17, 15) is 9.90 Å². The third kappa shape index (κ3) is 5.00. The molecule has 2 aromatic heterocycles. The number of aromatic nitrogens is 3. The van der Waals surface area contributed by atoms with Gasteiger partial charge in [-0.25, -0.2) is 4.98 Å². The summed E-state index contributed by atoms with van der Waals surface area (Å²) in [5, 5.41) is 14.0. The smallest absolute Gasteiger partial charge is 0.234 e. The minimum Gasteiger partial charge on any atom is -0.436 e. The normalized spacial score (nSPS) is 11.9. The van der Waals surface area contributed by atoms with Crippen LogP contribution in [-0.2, 0) is 17.8 Å². The molecule has 3 heterocycles. The molecule has 0 radical (unpaired) electrons. The number of anilines is 1. The van der Waals surface area contributed by atoms with Crippen LogP contribution in [0.5, 0.6) is 11.6 Å². The van der Waals surface area contributed by atoms with Crippen LogP contribution in [0, 0.1) is 6.92 Å². The van der Waals surface area contributed by atoms with E-state index in [1.165, 1.54) is 11.8 Å². The molecule has 0 saturated heterocycles. The minimum absolute atomic E-state index is 0.148. The molecule has 0 spiro atoms. The summed E-state index contributed by atoms with van der Waals surface area (Å²) in [5.41, 5.74) is 4.57. The van der Waals surface area contributed by atoms with Gasteiger partial charge < -0.3 is 15.2 Å². The van der Waals surface area contributed by atoms with Crippen LogP contribution in [0.1, 0.15) is 22.4 Å². The maximum Gasteiger partial charge on any atom is 0.234 e. The molecule has 7 nitrogen and oxygen atoms in total. The molecule has 35 heavy (non-hydrogen) atoms. The molecule has 1 aliphatic rings. The van der Waals surface area contributed by atoms with Crippen molar-refractivity contribution >= 4 is 35.0 Å². The number of aliphatic hydroxyl groups excluding tert-OH is 1. The minimum atomic E-state index is -0.167. The number of benzene rings is 2. The van der Waals surface area contributed by atoms with Gasteiger partial charge in [0, 0.05) is 40.0 Å². The number of rotatable bonds is 6. The van der Waals surface area contributed by atoms with Gasteiger partial charge in [0.15, 0.2) is 11.6 Å². The van der Waals surface area contributed by atoms with E-state index in [0.717, 1.165) is 22.4 Å². The number of nitrogens with one attached hydrogen (secondary N) is 1. The first kappa shape index (κ1) is 23.3. The number of hydrogen-bond acceptors (Lipinski definition) is 7. The molecule has 1 amide bonds. The average Bonchev–Trinajstić information content (AvgIpc) is 2.88. The SMILES string of the molecule is Cc1ncc(CO)c2c1Oc1nc(-c3ccccc3)nc(SCC(=O)Nc3ccc(Cl)cc3)c1C2. The lowest BCUT2D eigenvalue weighted by atomic mass is 9.99. The van der Waals surface area contributed by atoms with Crippen molar-refractivity contribution in [3.63, 3.8) is 0 Å². The van der Waals surface area contributed by atoms with Crippen LogP contribution in [0.15, 0.2) is 65.8 Å². The number of aryl methyl sites for hydroxylation is 1. The van der Waals surface area contributed by atoms with Gasteiger partial charge in [-0.3, -0.25) is 9.78 Å². The molecule has 0 fully saturated rings. The third-order valence-corrected chi connectivity index (χ3v) is 6.83. The van der Waals surface area contributed by atoms with Crippen LogP contribution in [0.25, 0.3) is 11.4 Å². The molecule has 9 heteroatoms. The maximum absolute atomic E-state index is 12.7. The van der Waals surface area contributed by atoms with Gasteiger partial charge in [0.25, 0.3) is 0 Å². The van der Waals surface area contributed by atoms with Crippen LogP contribution in [-0.4, -0.2) is 31.7 Å². The quantitative estimate of drug-likeness (QED) is 0.235. The highest BCUT2D eigenvalue weighted by Gasteiger charge is 2.28. The van der Waals surface area contributed by atoms with Crippen LogP contribution in [0.2, 0.25) is 5.02 Å².